The number of nitrogens with one attached hydrogen (secondary N) is 4. The quantitative estimate of drug-likeness (QED) is 0.289. The van der Waals surface area contributed by atoms with E-state index in [1.54, 1.807) is 12.4 Å². The van der Waals surface area contributed by atoms with E-state index in [1.165, 1.54) is 0 Å². The number of rotatable bonds is 7. The summed E-state index contributed by atoms with van der Waals surface area (Å²) >= 11 is 6.50. The number of nitrogens with zero attached hydrogens (tertiary/aromatic N) is 5. The van der Waals surface area contributed by atoms with E-state index in [0.717, 1.165) is 41.2 Å². The second kappa shape index (κ2) is 10.9. The number of hydrazone groups is 1. The lowest BCUT2D eigenvalue weighted by molar-refractivity contribution is 0.122. The largest absolute Gasteiger partial charge is 0.378 e. The van der Waals surface area contributed by atoms with Gasteiger partial charge in [0.1, 0.15) is 0 Å². The Labute approximate surface area is 206 Å². The van der Waals surface area contributed by atoms with Gasteiger partial charge < -0.3 is 15.0 Å². The Morgan fingerprint density at radius 1 is 1.09 bits per heavy atom. The fraction of sp³-hybridized carbons (Fsp3) is 0.304. The highest BCUT2D eigenvalue weighted by Gasteiger charge is 2.19. The summed E-state index contributed by atoms with van der Waals surface area (Å²) in [6.45, 7) is 3.94. The molecule has 2 aliphatic heterocycles. The third-order valence-corrected chi connectivity index (χ3v) is 6.06. The smallest absolute Gasteiger partial charge is 0.245 e. The summed E-state index contributed by atoms with van der Waals surface area (Å²) in [5.41, 5.74) is 12.4. The first-order valence-electron chi connectivity index (χ1n) is 11.3. The van der Waals surface area contributed by atoms with E-state index >= 15 is 0 Å². The number of morpholine rings is 1. The molecule has 10 nitrogen and oxygen atoms in total. The molecule has 4 heterocycles. The average molecular weight is 498 g/mol. The van der Waals surface area contributed by atoms with Crippen LogP contribution in [0.3, 0.4) is 0 Å². The van der Waals surface area contributed by atoms with Gasteiger partial charge in [-0.2, -0.15) is 10.1 Å². The van der Waals surface area contributed by atoms with Crippen molar-refractivity contribution in [3.63, 3.8) is 0 Å². The molecule has 2 fully saturated rings. The van der Waals surface area contributed by atoms with Crippen LogP contribution in [0.4, 0.5) is 27.5 Å². The summed E-state index contributed by atoms with van der Waals surface area (Å²) in [7, 11) is 0. The summed E-state index contributed by atoms with van der Waals surface area (Å²) in [5.74, 6) is 0.317. The van der Waals surface area contributed by atoms with E-state index in [2.05, 4.69) is 41.6 Å². The van der Waals surface area contributed by atoms with E-state index in [4.69, 9.17) is 16.3 Å². The van der Waals surface area contributed by atoms with Crippen LogP contribution >= 0.6 is 11.6 Å². The molecule has 2 aromatic heterocycles. The van der Waals surface area contributed by atoms with Crippen LogP contribution in [0.15, 0.2) is 47.8 Å². The number of benzene rings is 1. The molecule has 2 aliphatic rings. The van der Waals surface area contributed by atoms with Crippen molar-refractivity contribution in [3.8, 4) is 0 Å². The lowest BCUT2D eigenvalue weighted by Crippen LogP contribution is -2.37. The van der Waals surface area contributed by atoms with E-state index < -0.39 is 5.82 Å². The molecule has 2 saturated heterocycles. The van der Waals surface area contributed by atoms with Crippen LogP contribution in [-0.2, 0) is 4.74 Å². The number of anilines is 4. The van der Waals surface area contributed by atoms with Crippen molar-refractivity contribution in [2.24, 2.45) is 5.10 Å². The SMILES string of the molecule is Fc1cnc(N/N=C/c2ccc(Nc3ccc(C4CNNC4)c(Cl)c3)cn2)nc1N1CCOCC1. The van der Waals surface area contributed by atoms with Gasteiger partial charge >= 0.3 is 0 Å². The summed E-state index contributed by atoms with van der Waals surface area (Å²) in [4.78, 5) is 14.4. The minimum atomic E-state index is -0.477. The van der Waals surface area contributed by atoms with Crippen LogP contribution in [0.5, 0.6) is 0 Å². The van der Waals surface area contributed by atoms with Crippen molar-refractivity contribution in [2.75, 3.05) is 55.0 Å². The highest BCUT2D eigenvalue weighted by molar-refractivity contribution is 6.31. The van der Waals surface area contributed by atoms with E-state index in [1.807, 2.05) is 35.2 Å². The number of hydrazine groups is 1. The minimum Gasteiger partial charge on any atom is -0.378 e. The third-order valence-electron chi connectivity index (χ3n) is 5.73. The summed E-state index contributed by atoms with van der Waals surface area (Å²) in [6, 6.07) is 9.69. The Bertz CT molecular complexity index is 1180. The monoisotopic (exact) mass is 497 g/mol. The maximum absolute atomic E-state index is 14.1. The summed E-state index contributed by atoms with van der Waals surface area (Å²) < 4.78 is 19.5. The number of aromatic nitrogens is 3. The van der Waals surface area contributed by atoms with E-state index in [-0.39, 0.29) is 11.8 Å². The molecule has 0 amide bonds. The molecule has 0 spiro atoms. The number of hydrogen-bond acceptors (Lipinski definition) is 10. The molecule has 5 rings (SSSR count). The number of halogens is 2. The van der Waals surface area contributed by atoms with Gasteiger partial charge in [0.15, 0.2) is 11.6 Å². The molecule has 12 heteroatoms. The highest BCUT2D eigenvalue weighted by Crippen LogP contribution is 2.29. The fourth-order valence-corrected chi connectivity index (χ4v) is 4.24. The average Bonchev–Trinajstić information content (AvgIpc) is 3.41. The van der Waals surface area contributed by atoms with Gasteiger partial charge in [-0.15, -0.1) is 0 Å². The van der Waals surface area contributed by atoms with E-state index in [9.17, 15) is 4.39 Å². The third kappa shape index (κ3) is 5.82. The van der Waals surface area contributed by atoms with Gasteiger partial charge in [0.25, 0.3) is 0 Å². The van der Waals surface area contributed by atoms with Crippen molar-refractivity contribution < 1.29 is 9.13 Å². The van der Waals surface area contributed by atoms with Gasteiger partial charge in [0.2, 0.25) is 5.95 Å². The molecule has 1 aromatic carbocycles. The van der Waals surface area contributed by atoms with Crippen LogP contribution in [0.25, 0.3) is 0 Å². The Morgan fingerprint density at radius 3 is 2.63 bits per heavy atom. The molecule has 4 N–H and O–H groups in total. The Kier molecular flexibility index (Phi) is 7.28. The standard InChI is InChI=1S/C23H25ClFN9O/c24-20-9-16(3-4-19(20)15-10-28-29-11-15)31-18-2-1-17(26-12-18)13-30-33-23-27-14-21(25)22(32-23)34-5-7-35-8-6-34/h1-4,9,12-15,28-29,31H,5-8,10-11H2,(H,27,32,33)/b30-13+. The summed E-state index contributed by atoms with van der Waals surface area (Å²) in [5, 5.41) is 8.16. The fourth-order valence-electron chi connectivity index (χ4n) is 3.91. The molecule has 0 unspecified atom stereocenters. The van der Waals surface area contributed by atoms with Crippen molar-refractivity contribution in [1.82, 2.24) is 25.8 Å². The molecule has 0 aliphatic carbocycles. The predicted octanol–water partition coefficient (Wildman–Crippen LogP) is 2.88. The number of ether oxygens (including phenoxy) is 1. The molecule has 182 valence electrons. The van der Waals surface area contributed by atoms with E-state index in [0.29, 0.717) is 37.9 Å². The van der Waals surface area contributed by atoms with Crippen molar-refractivity contribution >= 4 is 41.0 Å². The molecule has 35 heavy (non-hydrogen) atoms. The van der Waals surface area contributed by atoms with Gasteiger partial charge in [-0.25, -0.2) is 14.8 Å². The molecule has 3 aromatic rings. The Balaban J connectivity index is 1.18. The van der Waals surface area contributed by atoms with Crippen LogP contribution in [0.1, 0.15) is 17.2 Å². The molecule has 0 atom stereocenters. The van der Waals surface area contributed by atoms with Gasteiger partial charge in [-0.1, -0.05) is 17.7 Å². The zero-order valence-electron chi connectivity index (χ0n) is 18.8. The van der Waals surface area contributed by atoms with Gasteiger partial charge in [-0.3, -0.25) is 15.8 Å². The molecule has 0 radical (unpaired) electrons. The van der Waals surface area contributed by atoms with Crippen molar-refractivity contribution in [2.45, 2.75) is 5.92 Å². The zero-order valence-corrected chi connectivity index (χ0v) is 19.6. The highest BCUT2D eigenvalue weighted by atomic mass is 35.5. The first-order valence-corrected chi connectivity index (χ1v) is 11.7. The Hall–Kier alpha value is -3.38. The lowest BCUT2D eigenvalue weighted by Gasteiger charge is -2.27. The molecule has 0 bridgehead atoms. The lowest BCUT2D eigenvalue weighted by atomic mass is 10.00. The molecular weight excluding hydrogens is 473 g/mol. The minimum absolute atomic E-state index is 0.201. The van der Waals surface area contributed by atoms with Gasteiger partial charge in [0.05, 0.1) is 43.2 Å². The van der Waals surface area contributed by atoms with Crippen LogP contribution in [0, 0.1) is 5.82 Å². The topological polar surface area (TPSA) is 112 Å². The zero-order chi connectivity index (χ0) is 24.0. The molecule has 0 saturated carbocycles. The number of pyridine rings is 1. The Morgan fingerprint density at radius 2 is 1.89 bits per heavy atom. The normalized spacial score (nSPS) is 16.7. The van der Waals surface area contributed by atoms with Crippen LogP contribution < -0.4 is 26.5 Å². The molecular formula is C23H25ClFN9O. The summed E-state index contributed by atoms with van der Waals surface area (Å²) in [6.07, 6.45) is 4.38. The maximum atomic E-state index is 14.1. The second-order valence-electron chi connectivity index (χ2n) is 8.13. The van der Waals surface area contributed by atoms with Gasteiger partial charge in [0, 0.05) is 42.8 Å². The first kappa shape index (κ1) is 23.4. The number of hydrogen-bond donors (Lipinski definition) is 4. The van der Waals surface area contributed by atoms with Crippen LogP contribution in [0.2, 0.25) is 5.02 Å². The van der Waals surface area contributed by atoms with Crippen molar-refractivity contribution in [3.05, 3.63) is 64.8 Å². The first-order chi connectivity index (χ1) is 17.2. The maximum Gasteiger partial charge on any atom is 0.245 e. The van der Waals surface area contributed by atoms with Gasteiger partial charge in [-0.05, 0) is 29.8 Å². The predicted molar refractivity (Wildman–Crippen MR) is 134 cm³/mol. The second-order valence-corrected chi connectivity index (χ2v) is 8.53. The van der Waals surface area contributed by atoms with Crippen molar-refractivity contribution in [1.29, 1.82) is 0 Å². The van der Waals surface area contributed by atoms with Crippen LogP contribution in [-0.4, -0.2) is 60.6 Å².